The number of hydrogen-bond donors (Lipinski definition) is 3. The van der Waals surface area contributed by atoms with Crippen LogP contribution in [0.5, 0.6) is 0 Å². The molecule has 4 aromatic rings. The monoisotopic (exact) mass is 804 g/mol. The summed E-state index contributed by atoms with van der Waals surface area (Å²) < 4.78 is 71.2. The van der Waals surface area contributed by atoms with E-state index in [1.807, 2.05) is 4.90 Å². The molecule has 20 heteroatoms. The second-order valence-corrected chi connectivity index (χ2v) is 15.9. The van der Waals surface area contributed by atoms with E-state index < -0.39 is 51.6 Å². The number of nitrogens with one attached hydrogen (secondary N) is 3. The summed E-state index contributed by atoms with van der Waals surface area (Å²) in [4.78, 5) is 62.6. The number of hydrogen-bond acceptors (Lipinski definition) is 9. The lowest BCUT2D eigenvalue weighted by Gasteiger charge is -2.49. The molecule has 4 aliphatic rings. The maximum atomic E-state index is 13.6. The van der Waals surface area contributed by atoms with E-state index in [9.17, 15) is 40.8 Å². The largest absolute Gasteiger partial charge is 0.416 e. The van der Waals surface area contributed by atoms with E-state index in [1.165, 1.54) is 22.5 Å². The smallest absolute Gasteiger partial charge is 0.368 e. The fourth-order valence-corrected chi connectivity index (χ4v) is 8.90. The molecule has 1 atom stereocenters. The number of piperidine rings is 1. The molecule has 5 heterocycles. The highest BCUT2D eigenvalue weighted by molar-refractivity contribution is 7.90. The van der Waals surface area contributed by atoms with Crippen molar-refractivity contribution in [3.8, 4) is 11.4 Å². The number of benzene rings is 3. The summed E-state index contributed by atoms with van der Waals surface area (Å²) in [7, 11) is -4.09. The number of alkyl halides is 3. The van der Waals surface area contributed by atoms with Gasteiger partial charge in [0.15, 0.2) is 0 Å². The van der Waals surface area contributed by atoms with Gasteiger partial charge in [-0.05, 0) is 55.0 Å². The van der Waals surface area contributed by atoms with Gasteiger partial charge >= 0.3 is 16.4 Å². The van der Waals surface area contributed by atoms with Crippen LogP contribution in [0.2, 0.25) is 10.0 Å². The summed E-state index contributed by atoms with van der Waals surface area (Å²) in [6.07, 6.45) is -4.54. The number of fused-ring (bicyclic) bond motifs is 2. The Labute approximate surface area is 315 Å². The molecule has 4 amide bonds. The number of H-pyrrole nitrogens is 1. The highest BCUT2D eigenvalue weighted by Crippen LogP contribution is 2.38. The number of imide groups is 2. The molecule has 1 aromatic heterocycles. The Morgan fingerprint density at radius 3 is 2.30 bits per heavy atom. The summed E-state index contributed by atoms with van der Waals surface area (Å²) in [6.45, 7) is 2.44. The summed E-state index contributed by atoms with van der Waals surface area (Å²) in [5.41, 5.74) is 0.570. The molecule has 282 valence electrons. The topological polar surface area (TPSA) is 168 Å². The van der Waals surface area contributed by atoms with Gasteiger partial charge < -0.3 is 9.88 Å². The minimum absolute atomic E-state index is 0.0143. The average Bonchev–Trinajstić information content (AvgIpc) is 3.64. The van der Waals surface area contributed by atoms with E-state index in [2.05, 4.69) is 24.9 Å². The van der Waals surface area contributed by atoms with E-state index in [1.54, 1.807) is 18.2 Å². The number of anilines is 2. The SMILES string of the molecule is O=C1CCC(N2C(=O)c3ccc(N4CC(N5CCN(S(=O)(=O)Nc6ccc(Cl)cc6-c6nc7c(Cl)cc(C(F)(F)F)cc7[nH]6)CC5)C4)cc3C2=O)C(=O)N1. The number of rotatable bonds is 7. The molecule has 3 saturated heterocycles. The number of aromatic amines is 1. The fraction of sp³-hybridized carbons (Fsp3) is 0.324. The number of amides is 4. The highest BCUT2D eigenvalue weighted by Gasteiger charge is 2.45. The van der Waals surface area contributed by atoms with Gasteiger partial charge in [0.25, 0.3) is 11.8 Å². The predicted molar refractivity (Wildman–Crippen MR) is 191 cm³/mol. The first-order valence-electron chi connectivity index (χ1n) is 16.8. The molecule has 0 spiro atoms. The number of carbonyl (C=O) groups excluding carboxylic acids is 4. The normalized spacial score (nSPS) is 20.4. The lowest BCUT2D eigenvalue weighted by atomic mass is 10.0. The lowest BCUT2D eigenvalue weighted by molar-refractivity contribution is -0.138. The third kappa shape index (κ3) is 6.44. The van der Waals surface area contributed by atoms with Crippen LogP contribution in [0.4, 0.5) is 24.5 Å². The molecule has 0 radical (unpaired) electrons. The lowest BCUT2D eigenvalue weighted by Crippen LogP contribution is -2.63. The van der Waals surface area contributed by atoms with Crippen molar-refractivity contribution in [2.24, 2.45) is 0 Å². The molecule has 4 aliphatic heterocycles. The molecule has 8 rings (SSSR count). The Morgan fingerprint density at radius 1 is 0.870 bits per heavy atom. The Bertz CT molecular complexity index is 2380. The number of aromatic nitrogens is 2. The van der Waals surface area contributed by atoms with Crippen LogP contribution in [-0.2, 0) is 26.0 Å². The molecular formula is C34H29Cl2F3N8O6S. The zero-order valence-electron chi connectivity index (χ0n) is 27.9. The maximum absolute atomic E-state index is 13.6. The van der Waals surface area contributed by atoms with E-state index in [-0.39, 0.29) is 81.3 Å². The molecule has 3 aromatic carbocycles. The van der Waals surface area contributed by atoms with Gasteiger partial charge in [0, 0.05) is 68.0 Å². The summed E-state index contributed by atoms with van der Waals surface area (Å²) >= 11 is 12.4. The third-order valence-electron chi connectivity index (χ3n) is 10.1. The van der Waals surface area contributed by atoms with Crippen molar-refractivity contribution in [2.45, 2.75) is 31.1 Å². The van der Waals surface area contributed by atoms with Crippen molar-refractivity contribution >= 4 is 79.4 Å². The zero-order chi connectivity index (χ0) is 38.3. The second-order valence-electron chi connectivity index (χ2n) is 13.4. The van der Waals surface area contributed by atoms with Crippen LogP contribution in [0.25, 0.3) is 22.4 Å². The summed E-state index contributed by atoms with van der Waals surface area (Å²) in [5, 5.41) is 2.20. The van der Waals surface area contributed by atoms with Crippen molar-refractivity contribution in [1.29, 1.82) is 0 Å². The third-order valence-corrected chi connectivity index (χ3v) is 12.2. The van der Waals surface area contributed by atoms with E-state index in [4.69, 9.17) is 23.2 Å². The van der Waals surface area contributed by atoms with Crippen molar-refractivity contribution in [2.75, 3.05) is 48.9 Å². The molecule has 0 bridgehead atoms. The Balaban J connectivity index is 0.901. The van der Waals surface area contributed by atoms with Crippen LogP contribution in [0.15, 0.2) is 48.5 Å². The molecular weight excluding hydrogens is 776 g/mol. The molecule has 3 fully saturated rings. The van der Waals surface area contributed by atoms with E-state index >= 15 is 0 Å². The highest BCUT2D eigenvalue weighted by atomic mass is 35.5. The first-order valence-corrected chi connectivity index (χ1v) is 19.0. The minimum atomic E-state index is -4.64. The van der Waals surface area contributed by atoms with Crippen LogP contribution < -0.4 is 14.9 Å². The molecule has 0 aliphatic carbocycles. The number of imidazole rings is 1. The first-order chi connectivity index (χ1) is 25.6. The number of piperazine rings is 1. The molecule has 1 unspecified atom stereocenters. The minimum Gasteiger partial charge on any atom is -0.368 e. The Kier molecular flexibility index (Phi) is 8.88. The number of nitrogens with zero attached hydrogens (tertiary/aromatic N) is 5. The van der Waals surface area contributed by atoms with Gasteiger partial charge in [0.2, 0.25) is 11.8 Å². The molecule has 3 N–H and O–H groups in total. The number of carbonyl (C=O) groups is 4. The Hall–Kier alpha value is -4.75. The van der Waals surface area contributed by atoms with Gasteiger partial charge in [-0.3, -0.25) is 39.0 Å². The van der Waals surface area contributed by atoms with Crippen LogP contribution in [-0.4, -0.2) is 107 Å². The van der Waals surface area contributed by atoms with Gasteiger partial charge in [-0.1, -0.05) is 23.2 Å². The summed E-state index contributed by atoms with van der Waals surface area (Å²) in [5.74, 6) is -2.21. The van der Waals surface area contributed by atoms with Crippen molar-refractivity contribution in [3.63, 3.8) is 0 Å². The average molecular weight is 806 g/mol. The quantitative estimate of drug-likeness (QED) is 0.233. The van der Waals surface area contributed by atoms with Crippen molar-refractivity contribution in [1.82, 2.24) is 29.4 Å². The predicted octanol–water partition coefficient (Wildman–Crippen LogP) is 4.12. The molecule has 54 heavy (non-hydrogen) atoms. The van der Waals surface area contributed by atoms with Gasteiger partial charge in [-0.2, -0.15) is 25.9 Å². The van der Waals surface area contributed by atoms with Crippen molar-refractivity contribution < 1.29 is 40.8 Å². The zero-order valence-corrected chi connectivity index (χ0v) is 30.2. The number of halogens is 5. The fourth-order valence-electron chi connectivity index (χ4n) is 7.23. The second kappa shape index (κ2) is 13.2. The van der Waals surface area contributed by atoms with Crippen LogP contribution in [0.3, 0.4) is 0 Å². The summed E-state index contributed by atoms with van der Waals surface area (Å²) in [6, 6.07) is 10.0. The first kappa shape index (κ1) is 36.2. The maximum Gasteiger partial charge on any atom is 0.416 e. The standard InChI is InChI=1S/C34H29Cl2F3N8O6S/c35-18-1-4-25(23(13-18)30-40-26-12-17(34(37,38)39)11-24(36)29(26)42-30)43-54(52,53)46-9-7-44(8-10-46)20-15-45(16-20)19-2-3-21-22(14-19)33(51)47(32(21)50)27-5-6-28(48)41-31(27)49/h1-4,11-14,20,27,43H,5-10,15-16H2,(H,40,42)(H,41,48,49). The van der Waals surface area contributed by atoms with Gasteiger partial charge in [0.05, 0.1) is 32.9 Å². The van der Waals surface area contributed by atoms with E-state index in [0.29, 0.717) is 26.2 Å². The van der Waals surface area contributed by atoms with Gasteiger partial charge in [0.1, 0.15) is 17.4 Å². The molecule has 0 saturated carbocycles. The Morgan fingerprint density at radius 2 is 1.59 bits per heavy atom. The van der Waals surface area contributed by atoms with Crippen LogP contribution in [0, 0.1) is 0 Å². The molecule has 14 nitrogen and oxygen atoms in total. The van der Waals surface area contributed by atoms with Crippen molar-refractivity contribution in [3.05, 3.63) is 75.3 Å². The van der Waals surface area contributed by atoms with Crippen LogP contribution in [0.1, 0.15) is 39.1 Å². The van der Waals surface area contributed by atoms with Gasteiger partial charge in [-0.15, -0.1) is 0 Å². The van der Waals surface area contributed by atoms with Gasteiger partial charge in [-0.25, -0.2) is 4.98 Å². The van der Waals surface area contributed by atoms with E-state index in [0.717, 1.165) is 22.7 Å². The van der Waals surface area contributed by atoms with Crippen LogP contribution >= 0.6 is 23.2 Å².